The number of benzene rings is 1. The number of nitrogens with zero attached hydrogens (tertiary/aromatic N) is 2. The number of hydrogen-bond donors (Lipinski definition) is 2. The topological polar surface area (TPSA) is 101 Å². The first kappa shape index (κ1) is 17.2. The Morgan fingerprint density at radius 3 is 2.84 bits per heavy atom. The third-order valence-electron chi connectivity index (χ3n) is 4.32. The van der Waals surface area contributed by atoms with Gasteiger partial charge in [0.15, 0.2) is 17.8 Å². The van der Waals surface area contributed by atoms with Gasteiger partial charge in [-0.3, -0.25) is 14.5 Å². The summed E-state index contributed by atoms with van der Waals surface area (Å²) in [6.07, 6.45) is 3.05. The van der Waals surface area contributed by atoms with Crippen LogP contribution in [0.5, 0.6) is 0 Å². The van der Waals surface area contributed by atoms with Crippen LogP contribution in [0.25, 0.3) is 11.3 Å². The number of carbonyl (C=O) groups is 2. The van der Waals surface area contributed by atoms with E-state index >= 15 is 0 Å². The molecule has 1 saturated heterocycles. The van der Waals surface area contributed by atoms with Crippen molar-refractivity contribution in [3.63, 3.8) is 0 Å². The van der Waals surface area contributed by atoms with Gasteiger partial charge in [0.25, 0.3) is 5.91 Å². The second kappa shape index (κ2) is 7.48. The van der Waals surface area contributed by atoms with Crippen molar-refractivity contribution in [3.05, 3.63) is 41.9 Å². The number of nitrogens with two attached hydrogens (primary N) is 1. The quantitative estimate of drug-likeness (QED) is 0.853. The molecule has 1 fully saturated rings. The summed E-state index contributed by atoms with van der Waals surface area (Å²) in [6.45, 7) is 3.63. The van der Waals surface area contributed by atoms with Gasteiger partial charge in [-0.05, 0) is 26.3 Å². The average molecular weight is 342 g/mol. The fraction of sp³-hybridized carbons (Fsp3) is 0.389. The fourth-order valence-electron chi connectivity index (χ4n) is 3.11. The molecular weight excluding hydrogens is 320 g/mol. The predicted molar refractivity (Wildman–Crippen MR) is 92.8 cm³/mol. The van der Waals surface area contributed by atoms with Crippen LogP contribution in [0.4, 0.5) is 0 Å². The van der Waals surface area contributed by atoms with E-state index in [9.17, 15) is 9.59 Å². The second-order valence-electron chi connectivity index (χ2n) is 6.41. The Bertz CT molecular complexity index is 754. The molecule has 7 nitrogen and oxygen atoms in total. The lowest BCUT2D eigenvalue weighted by Crippen LogP contribution is -2.49. The summed E-state index contributed by atoms with van der Waals surface area (Å²) in [5.74, 6) is -0.164. The molecule has 3 rings (SSSR count). The number of rotatable bonds is 5. The molecule has 2 amide bonds. The molecule has 3 N–H and O–H groups in total. The van der Waals surface area contributed by atoms with Crippen LogP contribution in [0.3, 0.4) is 0 Å². The van der Waals surface area contributed by atoms with E-state index in [1.807, 2.05) is 36.1 Å². The first-order valence-electron chi connectivity index (χ1n) is 8.35. The maximum Gasteiger partial charge on any atom is 0.274 e. The van der Waals surface area contributed by atoms with Crippen LogP contribution in [0.15, 0.2) is 35.1 Å². The van der Waals surface area contributed by atoms with Gasteiger partial charge in [0.2, 0.25) is 5.91 Å². The summed E-state index contributed by atoms with van der Waals surface area (Å²) >= 11 is 0. The molecule has 1 aliphatic rings. The summed E-state index contributed by atoms with van der Waals surface area (Å²) in [6, 6.07) is 7.69. The molecule has 132 valence electrons. The maximum absolute atomic E-state index is 12.6. The summed E-state index contributed by atoms with van der Waals surface area (Å²) in [4.78, 5) is 29.7. The third kappa shape index (κ3) is 4.24. The Hall–Kier alpha value is -2.67. The molecular formula is C18H22N4O3. The first-order valence-corrected chi connectivity index (χ1v) is 8.35. The largest absolute Gasteiger partial charge is 0.443 e. The molecule has 0 unspecified atom stereocenters. The highest BCUT2D eigenvalue weighted by Gasteiger charge is 2.25. The van der Waals surface area contributed by atoms with Gasteiger partial charge < -0.3 is 15.5 Å². The fourth-order valence-corrected chi connectivity index (χ4v) is 3.11. The number of likely N-dealkylation sites (tertiary alicyclic amines) is 1. The Morgan fingerprint density at radius 1 is 1.36 bits per heavy atom. The molecule has 2 heterocycles. The SMILES string of the molecule is Cc1ccc(-c2ocnc2C(=O)N[C@H]2CCCN(CC(N)=O)C2)cc1. The smallest absolute Gasteiger partial charge is 0.274 e. The van der Waals surface area contributed by atoms with Crippen LogP contribution in [0.1, 0.15) is 28.9 Å². The number of primary amides is 1. The Kier molecular flexibility index (Phi) is 5.14. The van der Waals surface area contributed by atoms with Gasteiger partial charge in [-0.2, -0.15) is 0 Å². The van der Waals surface area contributed by atoms with Crippen molar-refractivity contribution in [3.8, 4) is 11.3 Å². The van der Waals surface area contributed by atoms with Crippen molar-refractivity contribution in [2.24, 2.45) is 5.73 Å². The van der Waals surface area contributed by atoms with E-state index in [4.69, 9.17) is 10.2 Å². The minimum absolute atomic E-state index is 0.0387. The number of nitrogens with one attached hydrogen (secondary N) is 1. The third-order valence-corrected chi connectivity index (χ3v) is 4.32. The highest BCUT2D eigenvalue weighted by molar-refractivity contribution is 5.97. The molecule has 0 spiro atoms. The van der Waals surface area contributed by atoms with Crippen molar-refractivity contribution in [2.45, 2.75) is 25.8 Å². The molecule has 1 aliphatic heterocycles. The van der Waals surface area contributed by atoms with Gasteiger partial charge in [-0.25, -0.2) is 4.98 Å². The molecule has 1 aromatic carbocycles. The maximum atomic E-state index is 12.6. The van der Waals surface area contributed by atoms with Crippen LogP contribution in [-0.2, 0) is 4.79 Å². The summed E-state index contributed by atoms with van der Waals surface area (Å²) in [7, 11) is 0. The van der Waals surface area contributed by atoms with E-state index in [0.717, 1.165) is 30.5 Å². The lowest BCUT2D eigenvalue weighted by molar-refractivity contribution is -0.119. The number of aromatic nitrogens is 1. The number of hydrogen-bond acceptors (Lipinski definition) is 5. The van der Waals surface area contributed by atoms with Gasteiger partial charge in [-0.15, -0.1) is 0 Å². The lowest BCUT2D eigenvalue weighted by Gasteiger charge is -2.32. The highest BCUT2D eigenvalue weighted by atomic mass is 16.3. The minimum atomic E-state index is -0.356. The zero-order chi connectivity index (χ0) is 17.8. The van der Waals surface area contributed by atoms with Gasteiger partial charge in [0.1, 0.15) is 0 Å². The molecule has 0 bridgehead atoms. The van der Waals surface area contributed by atoms with E-state index < -0.39 is 0 Å². The standard InChI is InChI=1S/C18H22N4O3/c1-12-4-6-13(7-5-12)17-16(20-11-25-17)18(24)21-14-3-2-8-22(9-14)10-15(19)23/h4-7,11,14H,2-3,8-10H2,1H3,(H2,19,23)(H,21,24)/t14-/m0/s1. The van der Waals surface area contributed by atoms with E-state index in [0.29, 0.717) is 12.3 Å². The normalized spacial score (nSPS) is 18.0. The zero-order valence-electron chi connectivity index (χ0n) is 14.2. The Balaban J connectivity index is 1.69. The van der Waals surface area contributed by atoms with Crippen LogP contribution in [0, 0.1) is 6.92 Å². The monoisotopic (exact) mass is 342 g/mol. The van der Waals surface area contributed by atoms with Crippen LogP contribution >= 0.6 is 0 Å². The molecule has 25 heavy (non-hydrogen) atoms. The Labute approximate surface area is 146 Å². The molecule has 1 atom stereocenters. The molecule has 1 aromatic heterocycles. The molecule has 0 radical (unpaired) electrons. The number of aryl methyl sites for hydroxylation is 1. The van der Waals surface area contributed by atoms with Crippen molar-refractivity contribution in [2.75, 3.05) is 19.6 Å². The first-order chi connectivity index (χ1) is 12.0. The number of oxazole rings is 1. The van der Waals surface area contributed by atoms with E-state index in [1.165, 1.54) is 6.39 Å². The lowest BCUT2D eigenvalue weighted by atomic mass is 10.0. The van der Waals surface area contributed by atoms with Gasteiger partial charge >= 0.3 is 0 Å². The van der Waals surface area contributed by atoms with Crippen molar-refractivity contribution >= 4 is 11.8 Å². The van der Waals surface area contributed by atoms with Crippen molar-refractivity contribution in [1.29, 1.82) is 0 Å². The van der Waals surface area contributed by atoms with Crippen LogP contribution < -0.4 is 11.1 Å². The Morgan fingerprint density at radius 2 is 2.12 bits per heavy atom. The number of amides is 2. The highest BCUT2D eigenvalue weighted by Crippen LogP contribution is 2.23. The summed E-state index contributed by atoms with van der Waals surface area (Å²) < 4.78 is 5.43. The zero-order valence-corrected chi connectivity index (χ0v) is 14.2. The molecule has 0 aliphatic carbocycles. The van der Waals surface area contributed by atoms with E-state index in [-0.39, 0.29) is 30.1 Å². The second-order valence-corrected chi connectivity index (χ2v) is 6.41. The van der Waals surface area contributed by atoms with Crippen LogP contribution in [0.2, 0.25) is 0 Å². The van der Waals surface area contributed by atoms with Crippen molar-refractivity contribution in [1.82, 2.24) is 15.2 Å². The van der Waals surface area contributed by atoms with E-state index in [1.54, 1.807) is 0 Å². The van der Waals surface area contributed by atoms with Gasteiger partial charge in [0, 0.05) is 18.2 Å². The van der Waals surface area contributed by atoms with Gasteiger partial charge in [0.05, 0.1) is 6.54 Å². The summed E-state index contributed by atoms with van der Waals surface area (Å²) in [5, 5.41) is 2.99. The van der Waals surface area contributed by atoms with Gasteiger partial charge in [-0.1, -0.05) is 29.8 Å². The minimum Gasteiger partial charge on any atom is -0.443 e. The summed E-state index contributed by atoms with van der Waals surface area (Å²) in [5.41, 5.74) is 7.47. The molecule has 0 saturated carbocycles. The number of piperidine rings is 1. The van der Waals surface area contributed by atoms with E-state index in [2.05, 4.69) is 10.3 Å². The number of carbonyl (C=O) groups excluding carboxylic acids is 2. The molecule has 7 heteroatoms. The molecule has 2 aromatic rings. The van der Waals surface area contributed by atoms with Crippen molar-refractivity contribution < 1.29 is 14.0 Å². The predicted octanol–water partition coefficient (Wildman–Crippen LogP) is 1.33. The average Bonchev–Trinajstić information content (AvgIpc) is 3.05. The van der Waals surface area contributed by atoms with Crippen LogP contribution in [-0.4, -0.2) is 47.4 Å².